The van der Waals surface area contributed by atoms with E-state index in [4.69, 9.17) is 5.11 Å². The lowest BCUT2D eigenvalue weighted by atomic mass is 10.8. The Balaban J connectivity index is 0. The highest BCUT2D eigenvalue weighted by Gasteiger charge is 1.77. The molecule has 0 fully saturated rings. The molecule has 4 nitrogen and oxygen atoms in total. The molecule has 0 spiro atoms. The van der Waals surface area contributed by atoms with E-state index in [0.29, 0.717) is 0 Å². The third kappa shape index (κ3) is 32.1. The van der Waals surface area contributed by atoms with Gasteiger partial charge in [-0.25, -0.2) is 0 Å². The number of aliphatic hydroxyl groups excluding tert-OH is 1. The predicted octanol–water partition coefficient (Wildman–Crippen LogP) is -0.968. The maximum absolute atomic E-state index is 9.47. The van der Waals surface area contributed by atoms with E-state index in [2.05, 4.69) is 10.7 Å². The molecule has 0 amide bonds. The van der Waals surface area contributed by atoms with E-state index >= 15 is 0 Å². The van der Waals surface area contributed by atoms with Crippen molar-refractivity contribution >= 4 is 5.97 Å². The van der Waals surface area contributed by atoms with Crippen molar-refractivity contribution in [3.63, 3.8) is 0 Å². The molecular formula is C3H9NO3. The van der Waals surface area contributed by atoms with Crippen LogP contribution in [0.1, 0.15) is 6.92 Å². The van der Waals surface area contributed by atoms with E-state index in [1.807, 2.05) is 0 Å². The van der Waals surface area contributed by atoms with Crippen molar-refractivity contribution in [2.24, 2.45) is 5.90 Å². The van der Waals surface area contributed by atoms with Gasteiger partial charge in [0, 0.05) is 14.0 Å². The number of carbonyl (C=O) groups is 1. The van der Waals surface area contributed by atoms with Gasteiger partial charge in [-0.1, -0.05) is 0 Å². The van der Waals surface area contributed by atoms with Crippen LogP contribution >= 0.6 is 0 Å². The second kappa shape index (κ2) is 9.04. The minimum absolute atomic E-state index is 0.468. The Morgan fingerprint density at radius 3 is 1.86 bits per heavy atom. The second-order valence-corrected chi connectivity index (χ2v) is 0.609. The minimum atomic E-state index is -0.468. The molecule has 0 unspecified atom stereocenters. The lowest BCUT2D eigenvalue weighted by molar-refractivity contribution is -0.141. The molecule has 0 aromatic carbocycles. The first-order valence-corrected chi connectivity index (χ1v) is 1.59. The van der Waals surface area contributed by atoms with Gasteiger partial charge in [-0.15, -0.1) is 0 Å². The second-order valence-electron chi connectivity index (χ2n) is 0.609. The lowest BCUT2D eigenvalue weighted by Crippen LogP contribution is -2.03. The van der Waals surface area contributed by atoms with E-state index < -0.39 is 5.97 Å². The summed E-state index contributed by atoms with van der Waals surface area (Å²) < 4.78 is 0. The SMILES string of the molecule is CC(=O)ON.CO. The van der Waals surface area contributed by atoms with Gasteiger partial charge < -0.3 is 9.94 Å². The Labute approximate surface area is 41.8 Å². The fourth-order valence-electron chi connectivity index (χ4n) is 0. The van der Waals surface area contributed by atoms with Crippen LogP contribution in [0.2, 0.25) is 0 Å². The van der Waals surface area contributed by atoms with Gasteiger partial charge in [-0.05, 0) is 0 Å². The van der Waals surface area contributed by atoms with Crippen molar-refractivity contribution in [1.29, 1.82) is 0 Å². The summed E-state index contributed by atoms with van der Waals surface area (Å²) >= 11 is 0. The van der Waals surface area contributed by atoms with Gasteiger partial charge in [0.05, 0.1) is 0 Å². The van der Waals surface area contributed by atoms with Crippen LogP contribution in [-0.2, 0) is 9.63 Å². The van der Waals surface area contributed by atoms with Gasteiger partial charge in [0.15, 0.2) is 0 Å². The van der Waals surface area contributed by atoms with Crippen LogP contribution < -0.4 is 5.90 Å². The molecule has 0 heterocycles. The first-order chi connectivity index (χ1) is 3.27. The summed E-state index contributed by atoms with van der Waals surface area (Å²) in [7, 11) is 1.00. The summed E-state index contributed by atoms with van der Waals surface area (Å²) in [5.41, 5.74) is 0. The molecule has 44 valence electrons. The number of aliphatic hydroxyl groups is 1. The van der Waals surface area contributed by atoms with Crippen molar-refractivity contribution in [1.82, 2.24) is 0 Å². The van der Waals surface area contributed by atoms with E-state index in [-0.39, 0.29) is 0 Å². The summed E-state index contributed by atoms with van der Waals surface area (Å²) in [5, 5.41) is 7.00. The molecule has 0 aliphatic carbocycles. The zero-order chi connectivity index (χ0) is 6.28. The number of hydrogen-bond acceptors (Lipinski definition) is 4. The third-order valence-corrected chi connectivity index (χ3v) is 0.166. The van der Waals surface area contributed by atoms with E-state index in [1.165, 1.54) is 6.92 Å². The summed E-state index contributed by atoms with van der Waals surface area (Å²) in [5.74, 6) is 3.85. The average molecular weight is 107 g/mol. The molecule has 7 heavy (non-hydrogen) atoms. The van der Waals surface area contributed by atoms with Crippen molar-refractivity contribution in [3.8, 4) is 0 Å². The average Bonchev–Trinajstić information content (AvgIpc) is 1.73. The van der Waals surface area contributed by atoms with Crippen LogP contribution in [0.3, 0.4) is 0 Å². The largest absolute Gasteiger partial charge is 0.400 e. The number of carbonyl (C=O) groups excluding carboxylic acids is 1. The van der Waals surface area contributed by atoms with Crippen LogP contribution in [0, 0.1) is 0 Å². The van der Waals surface area contributed by atoms with Gasteiger partial charge in [0.1, 0.15) is 0 Å². The first kappa shape index (κ1) is 9.63. The molecule has 0 atom stereocenters. The van der Waals surface area contributed by atoms with Crippen LogP contribution in [0.5, 0.6) is 0 Å². The van der Waals surface area contributed by atoms with Gasteiger partial charge in [-0.3, -0.25) is 4.79 Å². The van der Waals surface area contributed by atoms with Gasteiger partial charge >= 0.3 is 5.97 Å². The molecule has 0 aliphatic rings. The normalized spacial score (nSPS) is 5.71. The summed E-state index contributed by atoms with van der Waals surface area (Å²) in [6.45, 7) is 1.24. The Morgan fingerprint density at radius 2 is 1.86 bits per heavy atom. The van der Waals surface area contributed by atoms with Crippen LogP contribution in [0.4, 0.5) is 0 Å². The Morgan fingerprint density at radius 1 is 1.71 bits per heavy atom. The summed E-state index contributed by atoms with van der Waals surface area (Å²) in [6, 6.07) is 0. The molecule has 0 aromatic heterocycles. The molecule has 0 saturated heterocycles. The van der Waals surface area contributed by atoms with Crippen LogP contribution in [-0.4, -0.2) is 18.2 Å². The van der Waals surface area contributed by atoms with Crippen molar-refractivity contribution < 1.29 is 14.7 Å². The monoisotopic (exact) mass is 107 g/mol. The van der Waals surface area contributed by atoms with Crippen LogP contribution in [0.15, 0.2) is 0 Å². The molecule has 0 aliphatic heterocycles. The van der Waals surface area contributed by atoms with E-state index in [9.17, 15) is 4.79 Å². The highest BCUT2D eigenvalue weighted by atomic mass is 16.7. The number of hydrogen-bond donors (Lipinski definition) is 2. The van der Waals surface area contributed by atoms with Gasteiger partial charge in [-0.2, -0.15) is 5.90 Å². The number of rotatable bonds is 0. The molecule has 0 bridgehead atoms. The highest BCUT2D eigenvalue weighted by molar-refractivity contribution is 5.65. The lowest BCUT2D eigenvalue weighted by Gasteiger charge is -1.79. The topological polar surface area (TPSA) is 72.5 Å². The number of nitrogens with two attached hydrogens (primary N) is 1. The van der Waals surface area contributed by atoms with Crippen molar-refractivity contribution in [2.45, 2.75) is 6.92 Å². The predicted molar refractivity (Wildman–Crippen MR) is 24.1 cm³/mol. The molecule has 0 rings (SSSR count). The fraction of sp³-hybridized carbons (Fsp3) is 0.667. The fourth-order valence-corrected chi connectivity index (χ4v) is 0. The molecule has 0 aromatic rings. The maximum Gasteiger partial charge on any atom is 0.321 e. The molecular weight excluding hydrogens is 98.0 g/mol. The van der Waals surface area contributed by atoms with E-state index in [0.717, 1.165) is 7.11 Å². The summed E-state index contributed by atoms with van der Waals surface area (Å²) in [6.07, 6.45) is 0. The Kier molecular flexibility index (Phi) is 12.4. The van der Waals surface area contributed by atoms with Gasteiger partial charge in [0.25, 0.3) is 0 Å². The highest BCUT2D eigenvalue weighted by Crippen LogP contribution is 1.55. The van der Waals surface area contributed by atoms with Crippen molar-refractivity contribution in [3.05, 3.63) is 0 Å². The van der Waals surface area contributed by atoms with E-state index in [1.54, 1.807) is 0 Å². The molecule has 0 saturated carbocycles. The zero-order valence-corrected chi connectivity index (χ0v) is 4.34. The smallest absolute Gasteiger partial charge is 0.321 e. The molecule has 3 N–H and O–H groups in total. The van der Waals surface area contributed by atoms with Crippen molar-refractivity contribution in [2.75, 3.05) is 7.11 Å². The maximum atomic E-state index is 9.47. The summed E-state index contributed by atoms with van der Waals surface area (Å²) in [4.78, 5) is 13.1. The quantitative estimate of drug-likeness (QED) is 0.391. The Hall–Kier alpha value is -0.610. The third-order valence-electron chi connectivity index (χ3n) is 0.166. The minimum Gasteiger partial charge on any atom is -0.400 e. The molecule has 4 heteroatoms. The zero-order valence-electron chi connectivity index (χ0n) is 4.34. The Bertz CT molecular complexity index is 45.4. The van der Waals surface area contributed by atoms with Gasteiger partial charge in [0.2, 0.25) is 0 Å². The first-order valence-electron chi connectivity index (χ1n) is 1.59. The standard InChI is InChI=1S/C2H5NO2.CH4O/c1-2(4)5-3;1-2/h3H2,1H3;2H,1H3. The van der Waals surface area contributed by atoms with Crippen LogP contribution in [0.25, 0.3) is 0 Å². The molecule has 0 radical (unpaired) electrons.